The highest BCUT2D eigenvalue weighted by Crippen LogP contribution is 2.34. The van der Waals surface area contributed by atoms with Crippen molar-refractivity contribution in [3.63, 3.8) is 0 Å². The Labute approximate surface area is 172 Å². The summed E-state index contributed by atoms with van der Waals surface area (Å²) in [7, 11) is 4.13. The summed E-state index contributed by atoms with van der Waals surface area (Å²) < 4.78 is 12.0. The van der Waals surface area contributed by atoms with Gasteiger partial charge in [0.15, 0.2) is 0 Å². The lowest BCUT2D eigenvalue weighted by Gasteiger charge is -2.21. The van der Waals surface area contributed by atoms with E-state index >= 15 is 0 Å². The molecule has 0 aliphatic heterocycles. The summed E-state index contributed by atoms with van der Waals surface area (Å²) in [6.07, 6.45) is 5.38. The number of rotatable bonds is 7. The van der Waals surface area contributed by atoms with Crippen molar-refractivity contribution in [3.05, 3.63) is 76.1 Å². The maximum atomic E-state index is 12.5. The van der Waals surface area contributed by atoms with Gasteiger partial charge in [0.1, 0.15) is 17.4 Å². The van der Waals surface area contributed by atoms with Gasteiger partial charge in [-0.1, -0.05) is 43.2 Å². The van der Waals surface area contributed by atoms with Gasteiger partial charge in [0.2, 0.25) is 0 Å². The molecule has 0 spiro atoms. The van der Waals surface area contributed by atoms with Crippen molar-refractivity contribution in [1.29, 1.82) is 0 Å². The van der Waals surface area contributed by atoms with Crippen LogP contribution in [-0.2, 0) is 0 Å². The SMILES string of the molecule is CN(C)CCC(Oc1ccc2cc(C3CCCC3)c(=O)oc2c1)c1ccccc1. The molecule has 0 bridgehead atoms. The van der Waals surface area contributed by atoms with Crippen molar-refractivity contribution in [2.45, 2.75) is 44.1 Å². The number of fused-ring (bicyclic) bond motifs is 1. The molecular formula is C25H29NO3. The quantitative estimate of drug-likeness (QED) is 0.497. The normalized spacial score (nSPS) is 15.8. The van der Waals surface area contributed by atoms with Gasteiger partial charge in [-0.15, -0.1) is 0 Å². The van der Waals surface area contributed by atoms with Crippen molar-refractivity contribution in [2.75, 3.05) is 20.6 Å². The van der Waals surface area contributed by atoms with E-state index in [4.69, 9.17) is 9.15 Å². The molecule has 3 aromatic rings. The molecule has 152 valence electrons. The molecule has 2 aromatic carbocycles. The first-order valence-corrected chi connectivity index (χ1v) is 10.5. The number of benzene rings is 2. The summed E-state index contributed by atoms with van der Waals surface area (Å²) >= 11 is 0. The van der Waals surface area contributed by atoms with Gasteiger partial charge in [0.25, 0.3) is 0 Å². The Morgan fingerprint density at radius 3 is 2.55 bits per heavy atom. The van der Waals surface area contributed by atoms with Gasteiger partial charge >= 0.3 is 5.63 Å². The molecule has 4 rings (SSSR count). The van der Waals surface area contributed by atoms with E-state index in [0.717, 1.165) is 48.1 Å². The Morgan fingerprint density at radius 1 is 1.07 bits per heavy atom. The van der Waals surface area contributed by atoms with E-state index in [1.807, 2.05) is 42.5 Å². The van der Waals surface area contributed by atoms with Crippen LogP contribution in [0.3, 0.4) is 0 Å². The zero-order valence-electron chi connectivity index (χ0n) is 17.3. The first kappa shape index (κ1) is 19.7. The van der Waals surface area contributed by atoms with Crippen molar-refractivity contribution in [3.8, 4) is 5.75 Å². The van der Waals surface area contributed by atoms with Crippen LogP contribution >= 0.6 is 0 Å². The van der Waals surface area contributed by atoms with E-state index in [1.165, 1.54) is 12.8 Å². The summed E-state index contributed by atoms with van der Waals surface area (Å²) in [5.41, 5.74) is 2.37. The fourth-order valence-corrected chi connectivity index (χ4v) is 4.20. The summed E-state index contributed by atoms with van der Waals surface area (Å²) in [5, 5.41) is 0.961. The summed E-state index contributed by atoms with van der Waals surface area (Å²) in [6, 6.07) is 18.1. The minimum Gasteiger partial charge on any atom is -0.486 e. The third-order valence-corrected chi connectivity index (χ3v) is 5.82. The third kappa shape index (κ3) is 4.70. The molecule has 1 heterocycles. The Morgan fingerprint density at radius 2 is 1.83 bits per heavy atom. The second-order valence-corrected chi connectivity index (χ2v) is 8.28. The van der Waals surface area contributed by atoms with Crippen LogP contribution in [0.25, 0.3) is 11.0 Å². The summed E-state index contributed by atoms with van der Waals surface area (Å²) in [4.78, 5) is 14.7. The van der Waals surface area contributed by atoms with Crippen LogP contribution in [0.1, 0.15) is 55.3 Å². The van der Waals surface area contributed by atoms with E-state index in [-0.39, 0.29) is 11.7 Å². The van der Waals surface area contributed by atoms with E-state index in [1.54, 1.807) is 0 Å². The molecule has 29 heavy (non-hydrogen) atoms. The zero-order chi connectivity index (χ0) is 20.2. The van der Waals surface area contributed by atoms with Crippen molar-refractivity contribution in [1.82, 2.24) is 4.90 Å². The molecule has 1 aliphatic carbocycles. The highest BCUT2D eigenvalue weighted by atomic mass is 16.5. The van der Waals surface area contributed by atoms with Crippen LogP contribution in [-0.4, -0.2) is 25.5 Å². The first-order valence-electron chi connectivity index (χ1n) is 10.5. The highest BCUT2D eigenvalue weighted by Gasteiger charge is 2.21. The number of hydrogen-bond acceptors (Lipinski definition) is 4. The molecule has 4 heteroatoms. The average molecular weight is 392 g/mol. The predicted molar refractivity (Wildman–Crippen MR) is 117 cm³/mol. The Balaban J connectivity index is 1.60. The van der Waals surface area contributed by atoms with Crippen LogP contribution in [0.5, 0.6) is 5.75 Å². The van der Waals surface area contributed by atoms with E-state index in [2.05, 4.69) is 31.1 Å². The van der Waals surface area contributed by atoms with E-state index < -0.39 is 0 Å². The van der Waals surface area contributed by atoms with Crippen LogP contribution in [0.4, 0.5) is 0 Å². The molecule has 0 N–H and O–H groups in total. The molecule has 1 fully saturated rings. The summed E-state index contributed by atoms with van der Waals surface area (Å²) in [6.45, 7) is 0.924. The van der Waals surface area contributed by atoms with Gasteiger partial charge in [0.05, 0.1) is 0 Å². The predicted octanol–water partition coefficient (Wildman–Crippen LogP) is 5.52. The van der Waals surface area contributed by atoms with Gasteiger partial charge < -0.3 is 14.1 Å². The largest absolute Gasteiger partial charge is 0.486 e. The highest BCUT2D eigenvalue weighted by molar-refractivity contribution is 5.78. The lowest BCUT2D eigenvalue weighted by Crippen LogP contribution is -2.18. The Kier molecular flexibility index (Phi) is 6.00. The third-order valence-electron chi connectivity index (χ3n) is 5.82. The molecule has 4 nitrogen and oxygen atoms in total. The van der Waals surface area contributed by atoms with Gasteiger partial charge in [-0.25, -0.2) is 4.79 Å². The minimum absolute atomic E-state index is 0.0551. The first-order chi connectivity index (χ1) is 14.1. The number of ether oxygens (including phenoxy) is 1. The van der Waals surface area contributed by atoms with Crippen LogP contribution in [0, 0.1) is 0 Å². The second-order valence-electron chi connectivity index (χ2n) is 8.28. The molecule has 1 unspecified atom stereocenters. The maximum Gasteiger partial charge on any atom is 0.339 e. The minimum atomic E-state index is -0.200. The Hall–Kier alpha value is -2.59. The second kappa shape index (κ2) is 8.83. The van der Waals surface area contributed by atoms with Crippen molar-refractivity contribution >= 4 is 11.0 Å². The molecule has 1 aromatic heterocycles. The van der Waals surface area contributed by atoms with Crippen molar-refractivity contribution in [2.24, 2.45) is 0 Å². The fraction of sp³-hybridized carbons (Fsp3) is 0.400. The maximum absolute atomic E-state index is 12.5. The van der Waals surface area contributed by atoms with Gasteiger partial charge in [-0.2, -0.15) is 0 Å². The average Bonchev–Trinajstić information content (AvgIpc) is 3.25. The summed E-state index contributed by atoms with van der Waals surface area (Å²) in [5.74, 6) is 1.07. The molecule has 0 radical (unpaired) electrons. The van der Waals surface area contributed by atoms with Crippen LogP contribution < -0.4 is 10.4 Å². The standard InChI is InChI=1S/C25H29NO3/c1-26(2)15-14-23(19-10-4-3-5-11-19)28-21-13-12-20-16-22(18-8-6-7-9-18)25(27)29-24(20)17-21/h3-5,10-13,16-18,23H,6-9,14-15H2,1-2H3. The number of hydrogen-bond donors (Lipinski definition) is 0. The van der Waals surface area contributed by atoms with E-state index in [0.29, 0.717) is 11.5 Å². The molecule has 1 aliphatic rings. The molecule has 0 saturated heterocycles. The van der Waals surface area contributed by atoms with Crippen LogP contribution in [0.15, 0.2) is 63.8 Å². The molecule has 1 saturated carbocycles. The fourth-order valence-electron chi connectivity index (χ4n) is 4.20. The molecule has 0 amide bonds. The van der Waals surface area contributed by atoms with Gasteiger partial charge in [-0.05, 0) is 56.6 Å². The topological polar surface area (TPSA) is 42.7 Å². The van der Waals surface area contributed by atoms with Crippen molar-refractivity contribution < 1.29 is 9.15 Å². The molecular weight excluding hydrogens is 362 g/mol. The lowest BCUT2D eigenvalue weighted by molar-refractivity contribution is 0.179. The zero-order valence-corrected chi connectivity index (χ0v) is 17.3. The van der Waals surface area contributed by atoms with Crippen LogP contribution in [0.2, 0.25) is 0 Å². The Bertz CT molecular complexity index is 1000. The number of nitrogens with zero attached hydrogens (tertiary/aromatic N) is 1. The smallest absolute Gasteiger partial charge is 0.339 e. The van der Waals surface area contributed by atoms with E-state index in [9.17, 15) is 4.79 Å². The van der Waals surface area contributed by atoms with Gasteiger partial charge in [0, 0.05) is 30.0 Å². The molecule has 1 atom stereocenters. The lowest BCUT2D eigenvalue weighted by atomic mass is 9.98. The monoisotopic (exact) mass is 391 g/mol. The van der Waals surface area contributed by atoms with Gasteiger partial charge in [-0.3, -0.25) is 0 Å².